The van der Waals surface area contributed by atoms with E-state index < -0.39 is 6.10 Å². The highest BCUT2D eigenvalue weighted by Gasteiger charge is 2.19. The van der Waals surface area contributed by atoms with Crippen LogP contribution in [-0.2, 0) is 28.6 Å². The van der Waals surface area contributed by atoms with Gasteiger partial charge in [0.15, 0.2) is 6.10 Å². The maximum Gasteiger partial charge on any atom is 0.306 e. The van der Waals surface area contributed by atoms with Crippen LogP contribution >= 0.6 is 0 Å². The van der Waals surface area contributed by atoms with E-state index in [9.17, 15) is 14.4 Å². The van der Waals surface area contributed by atoms with Crippen molar-refractivity contribution in [1.82, 2.24) is 0 Å². The number of esters is 3. The third kappa shape index (κ3) is 59.2. The third-order valence-corrected chi connectivity index (χ3v) is 15.1. The second kappa shape index (κ2) is 61.0. The van der Waals surface area contributed by atoms with E-state index >= 15 is 0 Å². The lowest BCUT2D eigenvalue weighted by molar-refractivity contribution is -0.167. The Morgan fingerprint density at radius 3 is 0.563 bits per heavy atom. The van der Waals surface area contributed by atoms with Gasteiger partial charge >= 0.3 is 17.9 Å². The molecule has 0 aliphatic heterocycles. The van der Waals surface area contributed by atoms with E-state index in [0.717, 1.165) is 57.8 Å². The van der Waals surface area contributed by atoms with Crippen LogP contribution in [0.3, 0.4) is 0 Å². The van der Waals surface area contributed by atoms with Gasteiger partial charge in [0.05, 0.1) is 0 Å². The monoisotopic (exact) mass is 1000 g/mol. The highest BCUT2D eigenvalue weighted by Crippen LogP contribution is 2.19. The zero-order valence-corrected chi connectivity index (χ0v) is 48.5. The quantitative estimate of drug-likeness (QED) is 0.0343. The first kappa shape index (κ1) is 69.4. The second-order valence-electron chi connectivity index (χ2n) is 22.4. The summed E-state index contributed by atoms with van der Waals surface area (Å²) in [7, 11) is 0. The van der Waals surface area contributed by atoms with Gasteiger partial charge in [0.1, 0.15) is 13.2 Å². The van der Waals surface area contributed by atoms with Crippen LogP contribution in [0.5, 0.6) is 0 Å². The molecule has 0 rings (SSSR count). The van der Waals surface area contributed by atoms with Crippen LogP contribution in [0.1, 0.15) is 380 Å². The van der Waals surface area contributed by atoms with Crippen molar-refractivity contribution < 1.29 is 28.6 Å². The van der Waals surface area contributed by atoms with Crippen molar-refractivity contribution in [3.63, 3.8) is 0 Å². The molecule has 6 nitrogen and oxygen atoms in total. The van der Waals surface area contributed by atoms with Crippen LogP contribution in [0.4, 0.5) is 0 Å². The topological polar surface area (TPSA) is 78.9 Å². The first-order chi connectivity index (χ1) is 35.0. The Kier molecular flexibility index (Phi) is 59.6. The van der Waals surface area contributed by atoms with E-state index in [1.165, 1.54) is 283 Å². The number of hydrogen-bond donors (Lipinski definition) is 0. The average Bonchev–Trinajstić information content (AvgIpc) is 3.37. The number of unbranched alkanes of at least 4 members (excludes halogenated alkanes) is 50. The summed E-state index contributed by atoms with van der Waals surface area (Å²) in [4.78, 5) is 38.0. The largest absolute Gasteiger partial charge is 0.462 e. The van der Waals surface area contributed by atoms with Gasteiger partial charge in [0, 0.05) is 19.3 Å². The molecule has 422 valence electrons. The molecule has 6 heteroatoms. The Hall–Kier alpha value is -1.59. The highest BCUT2D eigenvalue weighted by molar-refractivity contribution is 5.71. The van der Waals surface area contributed by atoms with E-state index in [2.05, 4.69) is 20.8 Å². The summed E-state index contributed by atoms with van der Waals surface area (Å²) >= 11 is 0. The standard InChI is InChI=1S/C65H126O6/c1-4-7-10-13-16-19-21-23-24-25-26-27-28-29-30-31-32-33-34-35-36-37-38-39-40-41-42-44-46-49-52-55-58-64(67)70-61-62(60-69-63(66)57-54-51-48-45-18-15-12-9-6-3)71-65(68)59-56-53-50-47-43-22-20-17-14-11-8-5-2/h62H,4-61H2,1-3H3. The minimum Gasteiger partial charge on any atom is -0.462 e. The van der Waals surface area contributed by atoms with Gasteiger partial charge < -0.3 is 14.2 Å². The van der Waals surface area contributed by atoms with E-state index in [0.29, 0.717) is 19.3 Å². The van der Waals surface area contributed by atoms with Crippen molar-refractivity contribution in [2.24, 2.45) is 0 Å². The molecule has 0 aliphatic carbocycles. The maximum atomic E-state index is 12.8. The summed E-state index contributed by atoms with van der Waals surface area (Å²) in [6.07, 6.45) is 70.1. The van der Waals surface area contributed by atoms with Crippen LogP contribution < -0.4 is 0 Å². The predicted octanol–water partition coefficient (Wildman–Crippen LogP) is 21.9. The van der Waals surface area contributed by atoms with E-state index in [1.54, 1.807) is 0 Å². The SMILES string of the molecule is CCCCCCCCCCCCCCCCCCCCCCCCCCCCCCCCCCC(=O)OCC(COC(=O)CCCCCCCCCCC)OC(=O)CCCCCCCCCCCCCC. The van der Waals surface area contributed by atoms with Gasteiger partial charge in [-0.15, -0.1) is 0 Å². The molecular formula is C65H126O6. The fourth-order valence-corrected chi connectivity index (χ4v) is 10.2. The number of rotatable bonds is 61. The number of carbonyl (C=O) groups excluding carboxylic acids is 3. The van der Waals surface area contributed by atoms with E-state index in [4.69, 9.17) is 14.2 Å². The normalized spacial score (nSPS) is 11.9. The molecule has 0 saturated carbocycles. The second-order valence-corrected chi connectivity index (χ2v) is 22.4. The Balaban J connectivity index is 3.93. The Morgan fingerprint density at radius 1 is 0.225 bits per heavy atom. The molecule has 0 aromatic carbocycles. The van der Waals surface area contributed by atoms with Crippen molar-refractivity contribution in [3.8, 4) is 0 Å². The Labute approximate surface area is 444 Å². The summed E-state index contributed by atoms with van der Waals surface area (Å²) in [5.41, 5.74) is 0. The molecule has 0 spiro atoms. The van der Waals surface area contributed by atoms with Gasteiger partial charge in [-0.25, -0.2) is 0 Å². The molecule has 0 aliphatic rings. The molecule has 0 bridgehead atoms. The lowest BCUT2D eigenvalue weighted by atomic mass is 10.0. The van der Waals surface area contributed by atoms with Crippen molar-refractivity contribution in [2.45, 2.75) is 386 Å². The molecule has 0 saturated heterocycles. The average molecular weight is 1000 g/mol. The minimum absolute atomic E-state index is 0.0615. The summed E-state index contributed by atoms with van der Waals surface area (Å²) in [6, 6.07) is 0. The summed E-state index contributed by atoms with van der Waals surface area (Å²) < 4.78 is 16.8. The Bertz CT molecular complexity index is 1060. The maximum absolute atomic E-state index is 12.8. The summed E-state index contributed by atoms with van der Waals surface area (Å²) in [6.45, 7) is 6.68. The Morgan fingerprint density at radius 2 is 0.380 bits per heavy atom. The van der Waals surface area contributed by atoms with Crippen molar-refractivity contribution >= 4 is 17.9 Å². The highest BCUT2D eigenvalue weighted by atomic mass is 16.6. The van der Waals surface area contributed by atoms with Gasteiger partial charge in [-0.05, 0) is 19.3 Å². The predicted molar refractivity (Wildman–Crippen MR) is 307 cm³/mol. The summed E-state index contributed by atoms with van der Waals surface area (Å²) in [5.74, 6) is -0.837. The molecule has 0 aromatic heterocycles. The zero-order chi connectivity index (χ0) is 51.4. The van der Waals surface area contributed by atoms with Crippen LogP contribution in [-0.4, -0.2) is 37.2 Å². The smallest absolute Gasteiger partial charge is 0.306 e. The van der Waals surface area contributed by atoms with Gasteiger partial charge in [0.25, 0.3) is 0 Å². The molecule has 1 atom stereocenters. The van der Waals surface area contributed by atoms with Gasteiger partial charge in [0.2, 0.25) is 0 Å². The lowest BCUT2D eigenvalue weighted by Crippen LogP contribution is -2.30. The molecule has 0 heterocycles. The van der Waals surface area contributed by atoms with Crippen molar-refractivity contribution in [1.29, 1.82) is 0 Å². The van der Waals surface area contributed by atoms with Crippen molar-refractivity contribution in [2.75, 3.05) is 13.2 Å². The first-order valence-corrected chi connectivity index (χ1v) is 32.5. The first-order valence-electron chi connectivity index (χ1n) is 32.5. The number of carbonyl (C=O) groups is 3. The molecule has 0 amide bonds. The minimum atomic E-state index is -0.760. The third-order valence-electron chi connectivity index (χ3n) is 15.1. The molecule has 1 unspecified atom stereocenters. The van der Waals surface area contributed by atoms with E-state index in [1.807, 2.05) is 0 Å². The molecule has 0 fully saturated rings. The molecular weight excluding hydrogens is 877 g/mol. The van der Waals surface area contributed by atoms with Crippen LogP contribution in [0.15, 0.2) is 0 Å². The van der Waals surface area contributed by atoms with E-state index in [-0.39, 0.29) is 31.1 Å². The van der Waals surface area contributed by atoms with Crippen LogP contribution in [0.25, 0.3) is 0 Å². The van der Waals surface area contributed by atoms with Gasteiger partial charge in [-0.1, -0.05) is 342 Å². The summed E-state index contributed by atoms with van der Waals surface area (Å²) in [5, 5.41) is 0. The molecule has 0 radical (unpaired) electrons. The van der Waals surface area contributed by atoms with Crippen LogP contribution in [0, 0.1) is 0 Å². The fourth-order valence-electron chi connectivity index (χ4n) is 10.2. The lowest BCUT2D eigenvalue weighted by Gasteiger charge is -2.18. The molecule has 71 heavy (non-hydrogen) atoms. The zero-order valence-electron chi connectivity index (χ0n) is 48.5. The number of ether oxygens (including phenoxy) is 3. The fraction of sp³-hybridized carbons (Fsp3) is 0.954. The molecule has 0 N–H and O–H groups in total. The van der Waals surface area contributed by atoms with Crippen LogP contribution in [0.2, 0.25) is 0 Å². The van der Waals surface area contributed by atoms with Gasteiger partial charge in [-0.3, -0.25) is 14.4 Å². The van der Waals surface area contributed by atoms with Crippen molar-refractivity contribution in [3.05, 3.63) is 0 Å². The number of hydrogen-bond acceptors (Lipinski definition) is 6. The van der Waals surface area contributed by atoms with Gasteiger partial charge in [-0.2, -0.15) is 0 Å². The molecule has 0 aromatic rings.